The lowest BCUT2D eigenvalue weighted by Gasteiger charge is -2.09. The number of hydrogen-bond donors (Lipinski definition) is 1. The Morgan fingerprint density at radius 3 is 2.35 bits per heavy atom. The van der Waals surface area contributed by atoms with Crippen molar-refractivity contribution in [3.63, 3.8) is 0 Å². The highest BCUT2D eigenvalue weighted by Crippen LogP contribution is 2.50. The molecule has 0 aromatic heterocycles. The van der Waals surface area contributed by atoms with E-state index in [2.05, 4.69) is 17.4 Å². The van der Waals surface area contributed by atoms with Crippen molar-refractivity contribution in [2.45, 2.75) is 6.42 Å². The van der Waals surface area contributed by atoms with E-state index in [0.717, 1.165) is 54.7 Å². The monoisotopic (exact) mass is 329 g/mol. The molecule has 1 aliphatic heterocycles. The normalized spacial score (nSPS) is 25.5. The second-order valence-electron chi connectivity index (χ2n) is 6.32. The van der Waals surface area contributed by atoms with E-state index < -0.39 is 0 Å². The predicted molar refractivity (Wildman–Crippen MR) is 92.4 cm³/mol. The van der Waals surface area contributed by atoms with E-state index in [1.165, 1.54) is 6.42 Å². The van der Waals surface area contributed by atoms with Gasteiger partial charge in [-0.25, -0.2) is 0 Å². The summed E-state index contributed by atoms with van der Waals surface area (Å²) in [6.07, 6.45) is 1.23. The molecule has 1 aliphatic carbocycles. The number of nitrogens with one attached hydrogen (secondary N) is 1. The zero-order chi connectivity index (χ0) is 15.6. The molecule has 0 amide bonds. The smallest absolute Gasteiger partial charge is 0.127 e. The maximum absolute atomic E-state index is 5.87. The van der Waals surface area contributed by atoms with Crippen LogP contribution in [-0.2, 0) is 4.74 Å². The molecule has 4 rings (SSSR count). The first-order valence-corrected chi connectivity index (χ1v) is 8.52. The molecular formula is C19H20ClNO2. The second-order valence-corrected chi connectivity index (χ2v) is 6.75. The first-order chi connectivity index (χ1) is 11.3. The van der Waals surface area contributed by atoms with Crippen LogP contribution >= 0.6 is 11.6 Å². The SMILES string of the molecule is Clc1ccc(Oc2ccc(NCC3C4CCOCC43)cc2)cc1. The fraction of sp³-hybridized carbons (Fsp3) is 0.368. The number of fused-ring (bicyclic) bond motifs is 1. The summed E-state index contributed by atoms with van der Waals surface area (Å²) < 4.78 is 11.3. The van der Waals surface area contributed by atoms with E-state index in [9.17, 15) is 0 Å². The number of rotatable bonds is 5. The van der Waals surface area contributed by atoms with Gasteiger partial charge in [0.2, 0.25) is 0 Å². The zero-order valence-electron chi connectivity index (χ0n) is 12.9. The van der Waals surface area contributed by atoms with Crippen LogP contribution in [0.25, 0.3) is 0 Å². The van der Waals surface area contributed by atoms with Gasteiger partial charge in [0.05, 0.1) is 0 Å². The van der Waals surface area contributed by atoms with Gasteiger partial charge in [0.25, 0.3) is 0 Å². The first kappa shape index (κ1) is 14.9. The lowest BCUT2D eigenvalue weighted by molar-refractivity contribution is 0.0885. The summed E-state index contributed by atoms with van der Waals surface area (Å²) in [6, 6.07) is 15.5. The third-order valence-electron chi connectivity index (χ3n) is 4.86. The molecule has 0 bridgehead atoms. The van der Waals surface area contributed by atoms with Crippen molar-refractivity contribution in [1.29, 1.82) is 0 Å². The number of anilines is 1. The minimum absolute atomic E-state index is 0.711. The minimum atomic E-state index is 0.711. The van der Waals surface area contributed by atoms with Gasteiger partial charge in [0, 0.05) is 30.5 Å². The quantitative estimate of drug-likeness (QED) is 0.852. The van der Waals surface area contributed by atoms with Crippen LogP contribution in [0, 0.1) is 17.8 Å². The topological polar surface area (TPSA) is 30.5 Å². The van der Waals surface area contributed by atoms with Crippen LogP contribution in [0.15, 0.2) is 48.5 Å². The predicted octanol–water partition coefficient (Wildman–Crippen LogP) is 4.83. The highest BCUT2D eigenvalue weighted by Gasteiger charge is 2.50. The second kappa shape index (κ2) is 6.42. The molecule has 4 heteroatoms. The van der Waals surface area contributed by atoms with E-state index in [-0.39, 0.29) is 0 Å². The van der Waals surface area contributed by atoms with Crippen LogP contribution in [0.3, 0.4) is 0 Å². The number of hydrogen-bond acceptors (Lipinski definition) is 3. The molecule has 1 saturated carbocycles. The molecule has 1 saturated heterocycles. The molecule has 1 heterocycles. The highest BCUT2D eigenvalue weighted by molar-refractivity contribution is 6.30. The van der Waals surface area contributed by atoms with Crippen molar-refractivity contribution in [2.75, 3.05) is 25.1 Å². The average molecular weight is 330 g/mol. The fourth-order valence-corrected chi connectivity index (χ4v) is 3.58. The molecule has 2 aromatic carbocycles. The van der Waals surface area contributed by atoms with Crippen molar-refractivity contribution >= 4 is 17.3 Å². The van der Waals surface area contributed by atoms with Crippen molar-refractivity contribution in [1.82, 2.24) is 0 Å². The van der Waals surface area contributed by atoms with Gasteiger partial charge in [-0.1, -0.05) is 11.6 Å². The van der Waals surface area contributed by atoms with Crippen LogP contribution in [0.4, 0.5) is 5.69 Å². The van der Waals surface area contributed by atoms with Crippen LogP contribution < -0.4 is 10.1 Å². The first-order valence-electron chi connectivity index (χ1n) is 8.15. The molecule has 23 heavy (non-hydrogen) atoms. The van der Waals surface area contributed by atoms with Crippen LogP contribution in [0.5, 0.6) is 11.5 Å². The summed E-state index contributed by atoms with van der Waals surface area (Å²) in [5.41, 5.74) is 1.14. The van der Waals surface area contributed by atoms with Crippen LogP contribution in [0.2, 0.25) is 5.02 Å². The Morgan fingerprint density at radius 2 is 1.70 bits per heavy atom. The maximum atomic E-state index is 5.87. The summed E-state index contributed by atoms with van der Waals surface area (Å²) in [5.74, 6) is 4.05. The highest BCUT2D eigenvalue weighted by atomic mass is 35.5. The Kier molecular flexibility index (Phi) is 4.15. The minimum Gasteiger partial charge on any atom is -0.457 e. The molecular weight excluding hydrogens is 310 g/mol. The Bertz CT molecular complexity index is 644. The molecule has 3 atom stereocenters. The molecule has 3 nitrogen and oxygen atoms in total. The molecule has 0 spiro atoms. The van der Waals surface area contributed by atoms with Gasteiger partial charge in [-0.2, -0.15) is 0 Å². The average Bonchev–Trinajstić information content (AvgIpc) is 3.30. The van der Waals surface area contributed by atoms with E-state index in [4.69, 9.17) is 21.1 Å². The third-order valence-corrected chi connectivity index (χ3v) is 5.11. The third kappa shape index (κ3) is 3.46. The molecule has 3 unspecified atom stereocenters. The van der Waals surface area contributed by atoms with E-state index in [1.807, 2.05) is 36.4 Å². The van der Waals surface area contributed by atoms with E-state index >= 15 is 0 Å². The van der Waals surface area contributed by atoms with Gasteiger partial charge in [-0.15, -0.1) is 0 Å². The van der Waals surface area contributed by atoms with Crippen molar-refractivity contribution in [3.8, 4) is 11.5 Å². The summed E-state index contributed by atoms with van der Waals surface area (Å²) in [4.78, 5) is 0. The van der Waals surface area contributed by atoms with E-state index in [1.54, 1.807) is 0 Å². The summed E-state index contributed by atoms with van der Waals surface area (Å²) in [5, 5.41) is 4.24. The van der Waals surface area contributed by atoms with Gasteiger partial charge in [0.15, 0.2) is 0 Å². The molecule has 2 fully saturated rings. The van der Waals surface area contributed by atoms with E-state index in [0.29, 0.717) is 5.02 Å². The van der Waals surface area contributed by atoms with Gasteiger partial charge in [-0.3, -0.25) is 0 Å². The lowest BCUT2D eigenvalue weighted by atomic mass is 10.2. The molecule has 2 aromatic rings. The van der Waals surface area contributed by atoms with Gasteiger partial charge in [-0.05, 0) is 72.7 Å². The summed E-state index contributed by atoms with van der Waals surface area (Å²) in [7, 11) is 0. The zero-order valence-corrected chi connectivity index (χ0v) is 13.6. The summed E-state index contributed by atoms with van der Waals surface area (Å²) in [6.45, 7) is 2.93. The van der Waals surface area contributed by atoms with Gasteiger partial charge < -0.3 is 14.8 Å². The number of ether oxygens (including phenoxy) is 2. The summed E-state index contributed by atoms with van der Waals surface area (Å²) >= 11 is 5.87. The van der Waals surface area contributed by atoms with Gasteiger partial charge >= 0.3 is 0 Å². The standard InChI is InChI=1S/C19H20ClNO2/c20-13-1-5-15(6-2-13)23-16-7-3-14(4-8-16)21-11-18-17-9-10-22-12-19(17)18/h1-8,17-19,21H,9-12H2. The van der Waals surface area contributed by atoms with Gasteiger partial charge in [0.1, 0.15) is 11.5 Å². The lowest BCUT2D eigenvalue weighted by Crippen LogP contribution is -2.07. The Hall–Kier alpha value is -1.71. The molecule has 2 aliphatic rings. The Balaban J connectivity index is 1.30. The maximum Gasteiger partial charge on any atom is 0.127 e. The van der Waals surface area contributed by atoms with Crippen molar-refractivity contribution in [3.05, 3.63) is 53.6 Å². The van der Waals surface area contributed by atoms with Crippen LogP contribution in [0.1, 0.15) is 6.42 Å². The fourth-order valence-electron chi connectivity index (χ4n) is 3.46. The van der Waals surface area contributed by atoms with Crippen molar-refractivity contribution in [2.24, 2.45) is 17.8 Å². The number of benzene rings is 2. The number of halogens is 1. The largest absolute Gasteiger partial charge is 0.457 e. The molecule has 1 N–H and O–H groups in total. The molecule has 0 radical (unpaired) electrons. The van der Waals surface area contributed by atoms with Crippen molar-refractivity contribution < 1.29 is 9.47 Å². The Morgan fingerprint density at radius 1 is 1.00 bits per heavy atom. The van der Waals surface area contributed by atoms with Crippen LogP contribution in [-0.4, -0.2) is 19.8 Å². The molecule has 120 valence electrons. The Labute approximate surface area is 141 Å².